The first-order valence-corrected chi connectivity index (χ1v) is 11.6. The lowest BCUT2D eigenvalue weighted by atomic mass is 9.80. The van der Waals surface area contributed by atoms with E-state index in [0.717, 1.165) is 22.4 Å². The van der Waals surface area contributed by atoms with Crippen molar-refractivity contribution in [2.24, 2.45) is 0 Å². The van der Waals surface area contributed by atoms with Gasteiger partial charge in [0.1, 0.15) is 11.3 Å². The number of nitrogens with zero attached hydrogens (tertiary/aromatic N) is 2. The maximum Gasteiger partial charge on any atom is 0.411 e. The highest BCUT2D eigenvalue weighted by Gasteiger charge is 2.46. The van der Waals surface area contributed by atoms with Crippen molar-refractivity contribution in [1.29, 1.82) is 0 Å². The summed E-state index contributed by atoms with van der Waals surface area (Å²) >= 11 is 0. The molecule has 34 heavy (non-hydrogen) atoms. The quantitative estimate of drug-likeness (QED) is 0.522. The Morgan fingerprint density at radius 1 is 1.06 bits per heavy atom. The number of aliphatic hydroxyl groups is 1. The second kappa shape index (κ2) is 9.70. The zero-order valence-electron chi connectivity index (χ0n) is 19.9. The van der Waals surface area contributed by atoms with Crippen LogP contribution >= 0.6 is 0 Å². The minimum absolute atomic E-state index is 0.152. The second-order valence-electron chi connectivity index (χ2n) is 9.42. The van der Waals surface area contributed by atoms with Gasteiger partial charge in [0.2, 0.25) is 0 Å². The van der Waals surface area contributed by atoms with Crippen molar-refractivity contribution < 1.29 is 14.6 Å². The van der Waals surface area contributed by atoms with Crippen molar-refractivity contribution in [3.8, 4) is 11.8 Å². The molecule has 0 saturated carbocycles. The van der Waals surface area contributed by atoms with Gasteiger partial charge < -0.3 is 14.7 Å². The average Bonchev–Trinajstić information content (AvgIpc) is 2.83. The van der Waals surface area contributed by atoms with Crippen molar-refractivity contribution in [2.45, 2.75) is 50.9 Å². The largest absolute Gasteiger partial charge is 0.438 e. The van der Waals surface area contributed by atoms with Gasteiger partial charge in [-0.3, -0.25) is 0 Å². The summed E-state index contributed by atoms with van der Waals surface area (Å²) in [6.45, 7) is 6.03. The van der Waals surface area contributed by atoms with Crippen LogP contribution in [0.3, 0.4) is 0 Å². The molecule has 2 heterocycles. The third-order valence-electron chi connectivity index (χ3n) is 6.15. The third kappa shape index (κ3) is 5.47. The van der Waals surface area contributed by atoms with E-state index in [1.165, 1.54) is 0 Å². The molecule has 5 heteroatoms. The zero-order chi connectivity index (χ0) is 24.2. The molecule has 5 nitrogen and oxygen atoms in total. The van der Waals surface area contributed by atoms with E-state index in [0.29, 0.717) is 19.4 Å². The molecule has 1 saturated heterocycles. The van der Waals surface area contributed by atoms with Crippen LogP contribution in [0.2, 0.25) is 0 Å². The van der Waals surface area contributed by atoms with E-state index >= 15 is 0 Å². The fraction of sp³-hybridized carbons (Fsp3) is 0.310. The number of amides is 1. The number of aromatic nitrogens is 1. The molecule has 0 radical (unpaired) electrons. The summed E-state index contributed by atoms with van der Waals surface area (Å²) < 4.78 is 6.10. The van der Waals surface area contributed by atoms with Gasteiger partial charge in [-0.25, -0.2) is 9.78 Å². The van der Waals surface area contributed by atoms with Crippen molar-refractivity contribution in [3.63, 3.8) is 0 Å². The van der Waals surface area contributed by atoms with E-state index in [-0.39, 0.29) is 12.1 Å². The third-order valence-corrected chi connectivity index (χ3v) is 6.15. The minimum Gasteiger partial charge on any atom is -0.438 e. The summed E-state index contributed by atoms with van der Waals surface area (Å²) in [5, 5.41) is 10.6. The Hall–Kier alpha value is -3.62. The summed E-state index contributed by atoms with van der Waals surface area (Å²) in [7, 11) is 0. The molecule has 2 aromatic carbocycles. The number of hydrogen-bond donors (Lipinski definition) is 1. The van der Waals surface area contributed by atoms with Crippen LogP contribution < -0.4 is 0 Å². The number of ether oxygens (including phenoxy) is 1. The van der Waals surface area contributed by atoms with Crippen LogP contribution in [0.1, 0.15) is 62.0 Å². The van der Waals surface area contributed by atoms with Gasteiger partial charge in [-0.1, -0.05) is 54.5 Å². The topological polar surface area (TPSA) is 62.7 Å². The van der Waals surface area contributed by atoms with Crippen LogP contribution in [0, 0.1) is 11.8 Å². The Bertz CT molecular complexity index is 1180. The number of carbonyl (C=O) groups excluding carboxylic acids is 1. The molecule has 1 unspecified atom stereocenters. The predicted molar refractivity (Wildman–Crippen MR) is 132 cm³/mol. The molecule has 0 spiro atoms. The first-order valence-electron chi connectivity index (χ1n) is 11.6. The van der Waals surface area contributed by atoms with E-state index in [1.54, 1.807) is 24.9 Å². The number of hydrogen-bond acceptors (Lipinski definition) is 4. The van der Waals surface area contributed by atoms with Crippen LogP contribution in [-0.4, -0.2) is 33.2 Å². The second-order valence-corrected chi connectivity index (χ2v) is 9.42. The molecule has 1 N–H and O–H groups in total. The van der Waals surface area contributed by atoms with Crippen molar-refractivity contribution in [3.05, 3.63) is 101 Å². The number of benzene rings is 2. The van der Waals surface area contributed by atoms with Crippen molar-refractivity contribution >= 4 is 6.09 Å². The first-order chi connectivity index (χ1) is 16.3. The molecule has 1 aliphatic rings. The summed E-state index contributed by atoms with van der Waals surface area (Å²) in [6, 6.07) is 23.1. The predicted octanol–water partition coefficient (Wildman–Crippen LogP) is 5.44. The average molecular weight is 455 g/mol. The molecule has 1 aliphatic heterocycles. The first kappa shape index (κ1) is 23.5. The summed E-state index contributed by atoms with van der Waals surface area (Å²) in [6.07, 6.45) is 2.29. The lowest BCUT2D eigenvalue weighted by molar-refractivity contribution is -0.101. The Balaban J connectivity index is 1.49. The minimum atomic E-state index is -0.976. The van der Waals surface area contributed by atoms with Gasteiger partial charge in [-0.2, -0.15) is 0 Å². The van der Waals surface area contributed by atoms with Gasteiger partial charge in [0.15, 0.2) is 0 Å². The normalized spacial score (nSPS) is 19.1. The van der Waals surface area contributed by atoms with Gasteiger partial charge in [-0.15, -0.1) is 0 Å². The molecule has 1 amide bonds. The maximum absolute atomic E-state index is 13.2. The fourth-order valence-corrected chi connectivity index (χ4v) is 4.49. The zero-order valence-corrected chi connectivity index (χ0v) is 19.9. The Kier molecular flexibility index (Phi) is 6.72. The van der Waals surface area contributed by atoms with Crippen molar-refractivity contribution in [1.82, 2.24) is 9.88 Å². The van der Waals surface area contributed by atoms with Crippen LogP contribution in [-0.2, 0) is 10.3 Å². The van der Waals surface area contributed by atoms with Crippen molar-refractivity contribution in [2.75, 3.05) is 6.54 Å². The highest BCUT2D eigenvalue weighted by atomic mass is 16.6. The molecule has 0 bridgehead atoms. The molecule has 0 aliphatic carbocycles. The molecular formula is C29H30N2O3. The highest BCUT2D eigenvalue weighted by molar-refractivity contribution is 5.70. The molecular weight excluding hydrogens is 424 g/mol. The molecule has 1 aromatic heterocycles. The van der Waals surface area contributed by atoms with Crippen LogP contribution in [0.15, 0.2) is 79.0 Å². The standard InChI is InChI=1S/C29H30N2O3/c1-22(24-15-12-23(13-16-24)14-17-26-11-7-8-19-30-26)31-20-18-29(34-27(31)32,21-28(2,3)33)25-9-5-4-6-10-25/h4-13,15-16,19,22,33H,18,20-21H2,1-3H3/t22-,29?/m0/s1. The van der Waals surface area contributed by atoms with Gasteiger partial charge in [0, 0.05) is 31.1 Å². The lowest BCUT2D eigenvalue weighted by Crippen LogP contribution is -2.51. The Labute approximate surface area is 201 Å². The van der Waals surface area contributed by atoms with E-state index in [1.807, 2.05) is 79.7 Å². The fourth-order valence-electron chi connectivity index (χ4n) is 4.49. The summed E-state index contributed by atoms with van der Waals surface area (Å²) in [5.74, 6) is 6.18. The summed E-state index contributed by atoms with van der Waals surface area (Å²) in [5.41, 5.74) is 1.71. The number of pyridine rings is 1. The lowest BCUT2D eigenvalue weighted by Gasteiger charge is -2.45. The molecule has 174 valence electrons. The van der Waals surface area contributed by atoms with Crippen LogP contribution in [0.25, 0.3) is 0 Å². The monoisotopic (exact) mass is 454 g/mol. The Morgan fingerprint density at radius 3 is 2.38 bits per heavy atom. The maximum atomic E-state index is 13.2. The summed E-state index contributed by atoms with van der Waals surface area (Å²) in [4.78, 5) is 19.2. The van der Waals surface area contributed by atoms with Gasteiger partial charge in [0.25, 0.3) is 0 Å². The molecule has 4 rings (SSSR count). The number of cyclic esters (lactones) is 1. The van der Waals surface area contributed by atoms with E-state index < -0.39 is 11.2 Å². The van der Waals surface area contributed by atoms with Gasteiger partial charge in [0.05, 0.1) is 11.6 Å². The van der Waals surface area contributed by atoms with E-state index in [2.05, 4.69) is 16.8 Å². The molecule has 1 fully saturated rings. The number of rotatable bonds is 5. The smallest absolute Gasteiger partial charge is 0.411 e. The SMILES string of the molecule is C[C@@H](c1ccc(C#Cc2ccccn2)cc1)N1CCC(CC(C)(C)O)(c2ccccc2)OC1=O. The van der Waals surface area contributed by atoms with Gasteiger partial charge >= 0.3 is 6.09 Å². The van der Waals surface area contributed by atoms with Crippen LogP contribution in [0.5, 0.6) is 0 Å². The molecule has 3 aromatic rings. The Morgan fingerprint density at radius 2 is 1.76 bits per heavy atom. The number of carbonyl (C=O) groups is 1. The highest BCUT2D eigenvalue weighted by Crippen LogP contribution is 2.42. The van der Waals surface area contributed by atoms with Gasteiger partial charge in [-0.05, 0) is 62.1 Å². The van der Waals surface area contributed by atoms with E-state index in [4.69, 9.17) is 4.74 Å². The molecule has 2 atom stereocenters. The van der Waals surface area contributed by atoms with E-state index in [9.17, 15) is 9.90 Å². The van der Waals surface area contributed by atoms with Crippen LogP contribution in [0.4, 0.5) is 4.79 Å².